The summed E-state index contributed by atoms with van der Waals surface area (Å²) >= 11 is 0. The van der Waals surface area contributed by atoms with Gasteiger partial charge in [-0.2, -0.15) is 0 Å². The standard InChI is InChI=1S/C20H24N4O3/c1-23(13-19-22-21-14-24(19)10-11-27-2)20(26)12-17-16(8-9-18(17)25)15-6-4-3-5-7-15/h3-7,14H,8-13H2,1-2H3. The molecule has 2 aromatic rings. The lowest BCUT2D eigenvalue weighted by Crippen LogP contribution is -2.28. The highest BCUT2D eigenvalue weighted by Gasteiger charge is 2.27. The molecule has 3 rings (SSSR count). The number of rotatable bonds is 8. The van der Waals surface area contributed by atoms with Crippen molar-refractivity contribution in [1.29, 1.82) is 0 Å². The summed E-state index contributed by atoms with van der Waals surface area (Å²) < 4.78 is 6.94. The molecule has 27 heavy (non-hydrogen) atoms. The smallest absolute Gasteiger partial charge is 0.227 e. The van der Waals surface area contributed by atoms with Crippen LogP contribution in [-0.4, -0.2) is 52.1 Å². The molecule has 0 radical (unpaired) electrons. The number of aromatic nitrogens is 3. The van der Waals surface area contributed by atoms with E-state index in [1.165, 1.54) is 0 Å². The lowest BCUT2D eigenvalue weighted by molar-refractivity contribution is -0.130. The molecule has 1 aliphatic rings. The summed E-state index contributed by atoms with van der Waals surface area (Å²) in [5.74, 6) is 0.659. The molecule has 0 unspecified atom stereocenters. The maximum atomic E-state index is 12.7. The van der Waals surface area contributed by atoms with Crippen molar-refractivity contribution in [3.05, 3.63) is 53.6 Å². The van der Waals surface area contributed by atoms with Gasteiger partial charge in [-0.3, -0.25) is 9.59 Å². The normalized spacial score (nSPS) is 14.1. The van der Waals surface area contributed by atoms with Crippen LogP contribution in [0.2, 0.25) is 0 Å². The van der Waals surface area contributed by atoms with Crippen LogP contribution in [0.3, 0.4) is 0 Å². The highest BCUT2D eigenvalue weighted by atomic mass is 16.5. The number of carbonyl (C=O) groups is 2. The van der Waals surface area contributed by atoms with Crippen LogP contribution in [0.5, 0.6) is 0 Å². The summed E-state index contributed by atoms with van der Waals surface area (Å²) in [6.07, 6.45) is 2.91. The molecule has 0 atom stereocenters. The fourth-order valence-electron chi connectivity index (χ4n) is 3.24. The van der Waals surface area contributed by atoms with E-state index in [9.17, 15) is 9.59 Å². The van der Waals surface area contributed by atoms with E-state index in [1.807, 2.05) is 34.9 Å². The third kappa shape index (κ3) is 4.49. The molecule has 0 saturated heterocycles. The predicted octanol–water partition coefficient (Wildman–Crippen LogP) is 2.09. The Morgan fingerprint density at radius 1 is 1.26 bits per heavy atom. The average molecular weight is 368 g/mol. The number of hydrogen-bond donors (Lipinski definition) is 0. The zero-order valence-electron chi connectivity index (χ0n) is 15.7. The summed E-state index contributed by atoms with van der Waals surface area (Å²) in [4.78, 5) is 26.7. The molecule has 142 valence electrons. The Kier molecular flexibility index (Phi) is 6.13. The second kappa shape index (κ2) is 8.73. The quantitative estimate of drug-likeness (QED) is 0.713. The van der Waals surface area contributed by atoms with Gasteiger partial charge in [0.25, 0.3) is 0 Å². The van der Waals surface area contributed by atoms with E-state index in [4.69, 9.17) is 4.74 Å². The molecule has 1 aliphatic carbocycles. The van der Waals surface area contributed by atoms with Crippen LogP contribution in [-0.2, 0) is 27.4 Å². The van der Waals surface area contributed by atoms with Crippen molar-refractivity contribution < 1.29 is 14.3 Å². The summed E-state index contributed by atoms with van der Waals surface area (Å²) in [5, 5.41) is 8.00. The van der Waals surface area contributed by atoms with Crippen LogP contribution >= 0.6 is 0 Å². The van der Waals surface area contributed by atoms with Crippen LogP contribution in [0.1, 0.15) is 30.7 Å². The molecule has 0 fully saturated rings. The monoisotopic (exact) mass is 368 g/mol. The van der Waals surface area contributed by atoms with Gasteiger partial charge < -0.3 is 14.2 Å². The van der Waals surface area contributed by atoms with Crippen molar-refractivity contribution in [3.63, 3.8) is 0 Å². The Labute approximate surface area is 158 Å². The van der Waals surface area contributed by atoms with Gasteiger partial charge in [0.15, 0.2) is 11.6 Å². The first-order chi connectivity index (χ1) is 13.1. The Morgan fingerprint density at radius 3 is 2.78 bits per heavy atom. The molecule has 0 N–H and O–H groups in total. The molecule has 7 heteroatoms. The van der Waals surface area contributed by atoms with Crippen LogP contribution < -0.4 is 0 Å². The zero-order valence-corrected chi connectivity index (χ0v) is 15.7. The molecule has 0 bridgehead atoms. The van der Waals surface area contributed by atoms with E-state index in [1.54, 1.807) is 25.4 Å². The van der Waals surface area contributed by atoms with E-state index >= 15 is 0 Å². The Hall–Kier alpha value is -2.80. The first-order valence-electron chi connectivity index (χ1n) is 9.00. The highest BCUT2D eigenvalue weighted by molar-refractivity contribution is 6.10. The summed E-state index contributed by atoms with van der Waals surface area (Å²) in [6.45, 7) is 1.51. The number of allylic oxidation sites excluding steroid dienone is 1. The van der Waals surface area contributed by atoms with Gasteiger partial charge in [-0.15, -0.1) is 10.2 Å². The number of ketones is 1. The third-order valence-corrected chi connectivity index (χ3v) is 4.79. The van der Waals surface area contributed by atoms with Gasteiger partial charge in [0.2, 0.25) is 5.91 Å². The summed E-state index contributed by atoms with van der Waals surface area (Å²) in [6, 6.07) is 9.81. The number of methoxy groups -OCH3 is 1. The number of carbonyl (C=O) groups excluding carboxylic acids is 2. The largest absolute Gasteiger partial charge is 0.383 e. The van der Waals surface area contributed by atoms with Gasteiger partial charge in [-0.25, -0.2) is 0 Å². The van der Waals surface area contributed by atoms with E-state index < -0.39 is 0 Å². The fraction of sp³-hybridized carbons (Fsp3) is 0.400. The molecular formula is C20H24N4O3. The summed E-state index contributed by atoms with van der Waals surface area (Å²) in [5.41, 5.74) is 2.65. The molecule has 0 aliphatic heterocycles. The van der Waals surface area contributed by atoms with Gasteiger partial charge in [0.05, 0.1) is 19.6 Å². The SMILES string of the molecule is COCCn1cnnc1CN(C)C(=O)CC1=C(c2ccccc2)CCC1=O. The molecular weight excluding hydrogens is 344 g/mol. The van der Waals surface area contributed by atoms with E-state index in [0.29, 0.717) is 43.9 Å². The third-order valence-electron chi connectivity index (χ3n) is 4.79. The van der Waals surface area contributed by atoms with Crippen LogP contribution in [0, 0.1) is 0 Å². The van der Waals surface area contributed by atoms with E-state index in [-0.39, 0.29) is 18.1 Å². The number of Topliss-reactive ketones (excluding diaryl/α,β-unsaturated/α-hetero) is 1. The lowest BCUT2D eigenvalue weighted by atomic mass is 10.00. The van der Waals surface area contributed by atoms with E-state index in [0.717, 1.165) is 11.1 Å². The van der Waals surface area contributed by atoms with Gasteiger partial charge in [0.1, 0.15) is 6.33 Å². The lowest BCUT2D eigenvalue weighted by Gasteiger charge is -2.18. The van der Waals surface area contributed by atoms with Gasteiger partial charge >= 0.3 is 0 Å². The first kappa shape index (κ1) is 19.0. The Balaban J connectivity index is 1.70. The maximum Gasteiger partial charge on any atom is 0.227 e. The number of ether oxygens (including phenoxy) is 1. The minimum absolute atomic E-state index is 0.0684. The molecule has 1 heterocycles. The number of benzene rings is 1. The van der Waals surface area contributed by atoms with Crippen molar-refractivity contribution >= 4 is 17.3 Å². The molecule has 0 saturated carbocycles. The second-order valence-corrected chi connectivity index (χ2v) is 6.61. The van der Waals surface area contributed by atoms with Crippen molar-refractivity contribution in [2.75, 3.05) is 20.8 Å². The molecule has 1 aromatic carbocycles. The average Bonchev–Trinajstić information content (AvgIpc) is 3.27. The van der Waals surface area contributed by atoms with Crippen LogP contribution in [0.4, 0.5) is 0 Å². The van der Waals surface area contributed by atoms with Crippen molar-refractivity contribution in [2.45, 2.75) is 32.4 Å². The minimum Gasteiger partial charge on any atom is -0.383 e. The minimum atomic E-state index is -0.102. The fourth-order valence-corrected chi connectivity index (χ4v) is 3.24. The second-order valence-electron chi connectivity index (χ2n) is 6.61. The number of amides is 1. The number of hydrogen-bond acceptors (Lipinski definition) is 5. The summed E-state index contributed by atoms with van der Waals surface area (Å²) in [7, 11) is 3.36. The van der Waals surface area contributed by atoms with Crippen LogP contribution in [0.25, 0.3) is 5.57 Å². The molecule has 7 nitrogen and oxygen atoms in total. The van der Waals surface area contributed by atoms with Gasteiger partial charge in [-0.05, 0) is 17.6 Å². The predicted molar refractivity (Wildman–Crippen MR) is 101 cm³/mol. The maximum absolute atomic E-state index is 12.7. The topological polar surface area (TPSA) is 77.3 Å². The van der Waals surface area contributed by atoms with Crippen LogP contribution in [0.15, 0.2) is 42.2 Å². The van der Waals surface area contributed by atoms with Gasteiger partial charge in [0, 0.05) is 32.7 Å². The molecule has 1 amide bonds. The molecule has 0 spiro atoms. The first-order valence-corrected chi connectivity index (χ1v) is 9.00. The van der Waals surface area contributed by atoms with Crippen molar-refractivity contribution in [2.24, 2.45) is 0 Å². The van der Waals surface area contributed by atoms with Gasteiger partial charge in [-0.1, -0.05) is 30.3 Å². The van der Waals surface area contributed by atoms with Crippen molar-refractivity contribution in [3.8, 4) is 0 Å². The Morgan fingerprint density at radius 2 is 2.04 bits per heavy atom. The highest BCUT2D eigenvalue weighted by Crippen LogP contribution is 2.33. The van der Waals surface area contributed by atoms with Crippen molar-refractivity contribution in [1.82, 2.24) is 19.7 Å². The molecule has 1 aromatic heterocycles. The zero-order chi connectivity index (χ0) is 19.2. The van der Waals surface area contributed by atoms with E-state index in [2.05, 4.69) is 10.2 Å². The Bertz CT molecular complexity index is 842. The number of nitrogens with zero attached hydrogens (tertiary/aromatic N) is 4.